The van der Waals surface area contributed by atoms with Crippen LogP contribution in [-0.2, 0) is 4.74 Å². The Morgan fingerprint density at radius 3 is 2.43 bits per heavy atom. The van der Waals surface area contributed by atoms with Gasteiger partial charge in [0.05, 0.1) is 13.7 Å². The molecule has 21 heavy (non-hydrogen) atoms. The SMILES string of the molecule is COc1ccc(/C(=C/C/C=C\CO)OC(=O)N(C)C)cc1. The van der Waals surface area contributed by atoms with Crippen molar-refractivity contribution in [2.75, 3.05) is 27.8 Å². The lowest BCUT2D eigenvalue weighted by atomic mass is 10.1. The molecule has 0 heterocycles. The van der Waals surface area contributed by atoms with Gasteiger partial charge < -0.3 is 19.5 Å². The summed E-state index contributed by atoms with van der Waals surface area (Å²) < 4.78 is 10.5. The van der Waals surface area contributed by atoms with Crippen LogP contribution in [0, 0.1) is 0 Å². The maximum atomic E-state index is 11.7. The maximum absolute atomic E-state index is 11.7. The van der Waals surface area contributed by atoms with Crippen LogP contribution in [0.5, 0.6) is 5.75 Å². The Morgan fingerprint density at radius 2 is 1.90 bits per heavy atom. The number of amides is 1. The molecule has 1 rings (SSSR count). The second-order valence-corrected chi connectivity index (χ2v) is 4.45. The first-order chi connectivity index (χ1) is 10.1. The molecule has 0 spiro atoms. The first-order valence-corrected chi connectivity index (χ1v) is 6.58. The number of nitrogens with zero attached hydrogens (tertiary/aromatic N) is 1. The second-order valence-electron chi connectivity index (χ2n) is 4.45. The summed E-state index contributed by atoms with van der Waals surface area (Å²) in [5, 5.41) is 8.71. The highest BCUT2D eigenvalue weighted by Gasteiger charge is 2.11. The second kappa shape index (κ2) is 8.81. The van der Waals surface area contributed by atoms with Gasteiger partial charge in [0.15, 0.2) is 0 Å². The first-order valence-electron chi connectivity index (χ1n) is 6.58. The molecule has 0 fully saturated rings. The number of aliphatic hydroxyl groups excluding tert-OH is 1. The highest BCUT2D eigenvalue weighted by atomic mass is 16.6. The van der Waals surface area contributed by atoms with Crippen molar-refractivity contribution < 1.29 is 19.4 Å². The van der Waals surface area contributed by atoms with Crippen LogP contribution < -0.4 is 4.74 Å². The molecule has 0 unspecified atom stereocenters. The number of hydrogen-bond donors (Lipinski definition) is 1. The lowest BCUT2D eigenvalue weighted by molar-refractivity contribution is 0.162. The van der Waals surface area contributed by atoms with E-state index in [0.717, 1.165) is 11.3 Å². The van der Waals surface area contributed by atoms with Crippen molar-refractivity contribution in [3.05, 3.63) is 48.1 Å². The number of hydrogen-bond acceptors (Lipinski definition) is 4. The minimum absolute atomic E-state index is 0.0107. The average molecular weight is 291 g/mol. The lowest BCUT2D eigenvalue weighted by Crippen LogP contribution is -2.22. The van der Waals surface area contributed by atoms with Crippen LogP contribution >= 0.6 is 0 Å². The van der Waals surface area contributed by atoms with Crippen molar-refractivity contribution in [1.29, 1.82) is 0 Å². The number of allylic oxidation sites excluding steroid dienone is 2. The Bertz CT molecular complexity index is 504. The predicted octanol–water partition coefficient (Wildman–Crippen LogP) is 2.67. The van der Waals surface area contributed by atoms with Crippen molar-refractivity contribution in [2.45, 2.75) is 6.42 Å². The number of aliphatic hydroxyl groups is 1. The standard InChI is InChI=1S/C16H21NO4/c1-17(2)16(19)21-15(7-5-4-6-12-18)13-8-10-14(20-3)11-9-13/h4,6-11,18H,5,12H2,1-3H3/b6-4-,15-7-. The highest BCUT2D eigenvalue weighted by molar-refractivity contribution is 5.76. The van der Waals surface area contributed by atoms with Crippen LogP contribution in [0.3, 0.4) is 0 Å². The number of carbonyl (C=O) groups is 1. The smallest absolute Gasteiger partial charge is 0.414 e. The first kappa shape index (κ1) is 16.8. The quantitative estimate of drug-likeness (QED) is 0.646. The summed E-state index contributed by atoms with van der Waals surface area (Å²) in [7, 11) is 4.84. The summed E-state index contributed by atoms with van der Waals surface area (Å²) in [5.74, 6) is 1.20. The van der Waals surface area contributed by atoms with E-state index in [9.17, 15) is 4.79 Å². The summed E-state index contributed by atoms with van der Waals surface area (Å²) >= 11 is 0. The van der Waals surface area contributed by atoms with Gasteiger partial charge in [-0.15, -0.1) is 0 Å². The molecule has 5 nitrogen and oxygen atoms in total. The Morgan fingerprint density at radius 1 is 1.24 bits per heavy atom. The minimum Gasteiger partial charge on any atom is -0.497 e. The van der Waals surface area contributed by atoms with E-state index in [1.807, 2.05) is 12.1 Å². The van der Waals surface area contributed by atoms with Crippen LogP contribution in [0.1, 0.15) is 12.0 Å². The van der Waals surface area contributed by atoms with Gasteiger partial charge in [0.25, 0.3) is 0 Å². The van der Waals surface area contributed by atoms with Crippen molar-refractivity contribution in [3.63, 3.8) is 0 Å². The van der Waals surface area contributed by atoms with E-state index in [2.05, 4.69) is 0 Å². The van der Waals surface area contributed by atoms with E-state index in [1.54, 1.807) is 51.6 Å². The Balaban J connectivity index is 2.93. The number of carbonyl (C=O) groups excluding carboxylic acids is 1. The number of ether oxygens (including phenoxy) is 2. The van der Waals surface area contributed by atoms with Crippen LogP contribution in [0.4, 0.5) is 4.79 Å². The predicted molar refractivity (Wildman–Crippen MR) is 82.0 cm³/mol. The van der Waals surface area contributed by atoms with Crippen LogP contribution in [-0.4, -0.2) is 43.9 Å². The van der Waals surface area contributed by atoms with Crippen molar-refractivity contribution in [3.8, 4) is 5.75 Å². The van der Waals surface area contributed by atoms with E-state index in [4.69, 9.17) is 14.6 Å². The third-order valence-corrected chi connectivity index (χ3v) is 2.65. The van der Waals surface area contributed by atoms with Gasteiger partial charge in [-0.05, 0) is 36.8 Å². The molecule has 0 saturated carbocycles. The molecule has 1 aromatic carbocycles. The molecule has 0 atom stereocenters. The Hall–Kier alpha value is -2.27. The summed E-state index contributed by atoms with van der Waals surface area (Å²) in [6.07, 6.45) is 5.34. The zero-order valence-electron chi connectivity index (χ0n) is 12.6. The van der Waals surface area contributed by atoms with Gasteiger partial charge in [-0.1, -0.05) is 12.2 Å². The largest absolute Gasteiger partial charge is 0.497 e. The van der Waals surface area contributed by atoms with Gasteiger partial charge in [0.1, 0.15) is 11.5 Å². The maximum Gasteiger partial charge on any atom is 0.414 e. The van der Waals surface area contributed by atoms with Gasteiger partial charge in [-0.2, -0.15) is 0 Å². The van der Waals surface area contributed by atoms with Gasteiger partial charge in [0, 0.05) is 19.7 Å². The molecule has 0 radical (unpaired) electrons. The molecule has 5 heteroatoms. The van der Waals surface area contributed by atoms with Crippen LogP contribution in [0.2, 0.25) is 0 Å². The van der Waals surface area contributed by atoms with Gasteiger partial charge in [-0.3, -0.25) is 0 Å². The summed E-state index contributed by atoms with van der Waals surface area (Å²) in [6.45, 7) is -0.0107. The van der Waals surface area contributed by atoms with Crippen molar-refractivity contribution in [1.82, 2.24) is 4.90 Å². The molecule has 0 aromatic heterocycles. The Kier molecular flexibility index (Phi) is 7.04. The topological polar surface area (TPSA) is 59.0 Å². The van der Waals surface area contributed by atoms with Gasteiger partial charge in [-0.25, -0.2) is 4.79 Å². The molecular formula is C16H21NO4. The molecular weight excluding hydrogens is 270 g/mol. The van der Waals surface area contributed by atoms with E-state index in [-0.39, 0.29) is 6.61 Å². The zero-order valence-corrected chi connectivity index (χ0v) is 12.6. The molecule has 0 aliphatic rings. The van der Waals surface area contributed by atoms with Crippen molar-refractivity contribution >= 4 is 11.9 Å². The molecule has 0 aliphatic carbocycles. The zero-order chi connectivity index (χ0) is 15.7. The monoisotopic (exact) mass is 291 g/mol. The third-order valence-electron chi connectivity index (χ3n) is 2.65. The fraction of sp³-hybridized carbons (Fsp3) is 0.312. The van der Waals surface area contributed by atoms with Crippen LogP contribution in [0.25, 0.3) is 5.76 Å². The molecule has 1 amide bonds. The summed E-state index contributed by atoms with van der Waals surface area (Å²) in [6, 6.07) is 7.25. The molecule has 114 valence electrons. The summed E-state index contributed by atoms with van der Waals surface area (Å²) in [5.41, 5.74) is 0.781. The molecule has 1 N–H and O–H groups in total. The normalized spacial score (nSPS) is 11.5. The Labute approximate surface area is 125 Å². The third kappa shape index (κ3) is 5.71. The number of rotatable bonds is 6. The highest BCUT2D eigenvalue weighted by Crippen LogP contribution is 2.21. The van der Waals surface area contributed by atoms with Crippen LogP contribution in [0.15, 0.2) is 42.5 Å². The van der Waals surface area contributed by atoms with Gasteiger partial charge in [0.2, 0.25) is 0 Å². The molecule has 0 bridgehead atoms. The minimum atomic E-state index is -0.441. The number of methoxy groups -OCH3 is 1. The average Bonchev–Trinajstić information content (AvgIpc) is 2.50. The van der Waals surface area contributed by atoms with Gasteiger partial charge >= 0.3 is 6.09 Å². The van der Waals surface area contributed by atoms with E-state index in [0.29, 0.717) is 12.2 Å². The fourth-order valence-corrected chi connectivity index (χ4v) is 1.50. The lowest BCUT2D eigenvalue weighted by Gasteiger charge is -2.14. The number of benzene rings is 1. The van der Waals surface area contributed by atoms with E-state index in [1.165, 1.54) is 4.90 Å². The van der Waals surface area contributed by atoms with E-state index >= 15 is 0 Å². The molecule has 1 aromatic rings. The van der Waals surface area contributed by atoms with Crippen molar-refractivity contribution in [2.24, 2.45) is 0 Å². The van der Waals surface area contributed by atoms with E-state index < -0.39 is 6.09 Å². The summed E-state index contributed by atoms with van der Waals surface area (Å²) in [4.78, 5) is 13.1. The molecule has 0 aliphatic heterocycles. The molecule has 0 saturated heterocycles. The fourth-order valence-electron chi connectivity index (χ4n) is 1.50.